The van der Waals surface area contributed by atoms with Crippen LogP contribution in [0.15, 0.2) is 5.16 Å². The van der Waals surface area contributed by atoms with Crippen LogP contribution in [0.25, 0.3) is 0 Å². The lowest BCUT2D eigenvalue weighted by atomic mass is 10.5. The average Bonchev–Trinajstić information content (AvgIpc) is 1.83. The number of hydrogen-bond donors (Lipinski definition) is 0. The molecule has 47 valence electrons. The SMILES string of the molecule is CCO/N=C(\C)C[O]. The summed E-state index contributed by atoms with van der Waals surface area (Å²) in [5, 5.41) is 13.4. The molecule has 0 saturated carbocycles. The van der Waals surface area contributed by atoms with Crippen LogP contribution in [0.5, 0.6) is 0 Å². The highest BCUT2D eigenvalue weighted by Gasteiger charge is 1.84. The lowest BCUT2D eigenvalue weighted by Crippen LogP contribution is -1.97. The molecular weight excluding hydrogens is 106 g/mol. The van der Waals surface area contributed by atoms with Crippen molar-refractivity contribution in [2.24, 2.45) is 5.16 Å². The third kappa shape index (κ3) is 3.61. The molecule has 0 spiro atoms. The second kappa shape index (κ2) is 4.59. The van der Waals surface area contributed by atoms with Gasteiger partial charge in [-0.2, -0.15) is 0 Å². The number of hydrogen-bond acceptors (Lipinski definition) is 2. The molecule has 0 fully saturated rings. The largest absolute Gasteiger partial charge is 0.396 e. The van der Waals surface area contributed by atoms with Gasteiger partial charge in [0.05, 0.1) is 5.71 Å². The predicted octanol–water partition coefficient (Wildman–Crippen LogP) is 0.829. The highest BCUT2D eigenvalue weighted by atomic mass is 16.6. The van der Waals surface area contributed by atoms with Crippen molar-refractivity contribution in [3.8, 4) is 0 Å². The van der Waals surface area contributed by atoms with Crippen molar-refractivity contribution in [1.82, 2.24) is 0 Å². The highest BCUT2D eigenvalue weighted by Crippen LogP contribution is 1.77. The van der Waals surface area contributed by atoms with Gasteiger partial charge in [0.2, 0.25) is 0 Å². The van der Waals surface area contributed by atoms with E-state index >= 15 is 0 Å². The monoisotopic (exact) mass is 116 g/mol. The maximum Gasteiger partial charge on any atom is 0.123 e. The van der Waals surface area contributed by atoms with E-state index in [2.05, 4.69) is 9.99 Å². The number of nitrogens with zero attached hydrogens (tertiary/aromatic N) is 1. The molecule has 0 amide bonds. The summed E-state index contributed by atoms with van der Waals surface area (Å²) in [4.78, 5) is 4.57. The molecule has 0 unspecified atom stereocenters. The summed E-state index contributed by atoms with van der Waals surface area (Å²) in [5.41, 5.74) is 0.492. The van der Waals surface area contributed by atoms with Crippen molar-refractivity contribution in [3.05, 3.63) is 0 Å². The van der Waals surface area contributed by atoms with Gasteiger partial charge in [0.1, 0.15) is 13.2 Å². The van der Waals surface area contributed by atoms with Gasteiger partial charge in [0.25, 0.3) is 0 Å². The molecule has 0 bridgehead atoms. The van der Waals surface area contributed by atoms with E-state index in [-0.39, 0.29) is 6.61 Å². The van der Waals surface area contributed by atoms with Crippen molar-refractivity contribution in [2.45, 2.75) is 13.8 Å². The van der Waals surface area contributed by atoms with Gasteiger partial charge in [-0.1, -0.05) is 5.16 Å². The lowest BCUT2D eigenvalue weighted by Gasteiger charge is -1.91. The normalized spacial score (nSPS) is 11.6. The van der Waals surface area contributed by atoms with Crippen LogP contribution in [0.4, 0.5) is 0 Å². The molecule has 8 heavy (non-hydrogen) atoms. The highest BCUT2D eigenvalue weighted by molar-refractivity contribution is 5.82. The van der Waals surface area contributed by atoms with Crippen molar-refractivity contribution in [2.75, 3.05) is 13.2 Å². The Morgan fingerprint density at radius 2 is 2.38 bits per heavy atom. The Labute approximate surface area is 49.0 Å². The minimum absolute atomic E-state index is 0.278. The smallest absolute Gasteiger partial charge is 0.123 e. The van der Waals surface area contributed by atoms with Crippen molar-refractivity contribution < 1.29 is 9.94 Å². The molecule has 0 aliphatic carbocycles. The van der Waals surface area contributed by atoms with E-state index in [4.69, 9.17) is 0 Å². The first-order chi connectivity index (χ1) is 3.81. The first kappa shape index (κ1) is 7.43. The summed E-state index contributed by atoms with van der Waals surface area (Å²) in [5.74, 6) is 0. The Morgan fingerprint density at radius 1 is 1.75 bits per heavy atom. The molecule has 0 saturated heterocycles. The van der Waals surface area contributed by atoms with Crippen molar-refractivity contribution in [3.63, 3.8) is 0 Å². The van der Waals surface area contributed by atoms with Gasteiger partial charge < -0.3 is 4.84 Å². The van der Waals surface area contributed by atoms with Gasteiger partial charge >= 0.3 is 0 Å². The van der Waals surface area contributed by atoms with Gasteiger partial charge in [-0.25, -0.2) is 5.11 Å². The summed E-state index contributed by atoms with van der Waals surface area (Å²) in [6.45, 7) is 3.71. The van der Waals surface area contributed by atoms with Crippen LogP contribution >= 0.6 is 0 Å². The van der Waals surface area contributed by atoms with Crippen LogP contribution in [-0.4, -0.2) is 18.9 Å². The van der Waals surface area contributed by atoms with Crippen LogP contribution in [-0.2, 0) is 9.94 Å². The Hall–Kier alpha value is -0.570. The van der Waals surface area contributed by atoms with E-state index in [0.29, 0.717) is 12.3 Å². The quantitative estimate of drug-likeness (QED) is 0.397. The Morgan fingerprint density at radius 3 is 2.75 bits per heavy atom. The van der Waals surface area contributed by atoms with Crippen LogP contribution in [0.3, 0.4) is 0 Å². The van der Waals surface area contributed by atoms with Gasteiger partial charge in [-0.15, -0.1) is 0 Å². The fourth-order valence-corrected chi connectivity index (χ4v) is 0.201. The van der Waals surface area contributed by atoms with Crippen molar-refractivity contribution in [1.29, 1.82) is 0 Å². The molecule has 3 heteroatoms. The maximum atomic E-state index is 9.92. The van der Waals surface area contributed by atoms with E-state index in [0.717, 1.165) is 0 Å². The number of oxime groups is 1. The molecule has 0 N–H and O–H groups in total. The molecule has 0 aliphatic heterocycles. The zero-order chi connectivity index (χ0) is 6.41. The molecule has 1 radical (unpaired) electrons. The van der Waals surface area contributed by atoms with Gasteiger partial charge in [-0.3, -0.25) is 0 Å². The molecule has 0 aromatic carbocycles. The van der Waals surface area contributed by atoms with E-state index in [9.17, 15) is 5.11 Å². The summed E-state index contributed by atoms with van der Waals surface area (Å²) < 4.78 is 0. The van der Waals surface area contributed by atoms with Crippen LogP contribution in [0.2, 0.25) is 0 Å². The Bertz CT molecular complexity index is 80.5. The summed E-state index contributed by atoms with van der Waals surface area (Å²) in [6.07, 6.45) is 0. The number of rotatable bonds is 3. The first-order valence-corrected chi connectivity index (χ1v) is 2.54. The predicted molar refractivity (Wildman–Crippen MR) is 30.3 cm³/mol. The molecule has 3 nitrogen and oxygen atoms in total. The van der Waals surface area contributed by atoms with Gasteiger partial charge in [0.15, 0.2) is 0 Å². The lowest BCUT2D eigenvalue weighted by molar-refractivity contribution is 0.153. The molecule has 0 rings (SSSR count). The molecule has 0 aromatic rings. The Balaban J connectivity index is 3.26. The van der Waals surface area contributed by atoms with Gasteiger partial charge in [0, 0.05) is 0 Å². The third-order valence-electron chi connectivity index (χ3n) is 0.558. The summed E-state index contributed by atoms with van der Waals surface area (Å²) >= 11 is 0. The van der Waals surface area contributed by atoms with Crippen LogP contribution < -0.4 is 0 Å². The molecule has 0 aliphatic rings. The van der Waals surface area contributed by atoms with Crippen molar-refractivity contribution >= 4 is 5.71 Å². The van der Waals surface area contributed by atoms with E-state index < -0.39 is 0 Å². The maximum absolute atomic E-state index is 9.92. The first-order valence-electron chi connectivity index (χ1n) is 2.54. The summed E-state index contributed by atoms with van der Waals surface area (Å²) in [7, 11) is 0. The zero-order valence-corrected chi connectivity index (χ0v) is 5.18. The third-order valence-corrected chi connectivity index (χ3v) is 0.558. The van der Waals surface area contributed by atoms with Crippen LogP contribution in [0, 0.1) is 0 Å². The molecule has 0 heterocycles. The second-order valence-electron chi connectivity index (χ2n) is 1.39. The average molecular weight is 116 g/mol. The minimum atomic E-state index is -0.278. The molecule has 0 atom stereocenters. The fraction of sp³-hybridized carbons (Fsp3) is 0.800. The van der Waals surface area contributed by atoms with E-state index in [1.807, 2.05) is 6.92 Å². The fourth-order valence-electron chi connectivity index (χ4n) is 0.201. The second-order valence-corrected chi connectivity index (χ2v) is 1.39. The Kier molecular flexibility index (Phi) is 4.26. The molecular formula is C5H10NO2. The summed E-state index contributed by atoms with van der Waals surface area (Å²) in [6, 6.07) is 0. The van der Waals surface area contributed by atoms with E-state index in [1.165, 1.54) is 0 Å². The van der Waals surface area contributed by atoms with Crippen LogP contribution in [0.1, 0.15) is 13.8 Å². The van der Waals surface area contributed by atoms with E-state index in [1.54, 1.807) is 6.92 Å². The standard InChI is InChI=1S/C5H10NO2/c1-3-8-6-5(2)4-7/h3-4H2,1-2H3/b6-5+. The topological polar surface area (TPSA) is 41.5 Å². The minimum Gasteiger partial charge on any atom is -0.396 e. The zero-order valence-electron chi connectivity index (χ0n) is 5.18. The van der Waals surface area contributed by atoms with Gasteiger partial charge in [-0.05, 0) is 13.8 Å². The molecule has 0 aromatic heterocycles.